The first kappa shape index (κ1) is 13.5. The van der Waals surface area contributed by atoms with Gasteiger partial charge in [-0.2, -0.15) is 0 Å². The molecule has 1 aromatic carbocycles. The van der Waals surface area contributed by atoms with Gasteiger partial charge in [0.05, 0.1) is 5.69 Å². The number of aromatic nitrogens is 2. The molecule has 0 unspecified atom stereocenters. The van der Waals surface area contributed by atoms with Crippen molar-refractivity contribution in [3.8, 4) is 11.4 Å². The van der Waals surface area contributed by atoms with Gasteiger partial charge < -0.3 is 10.1 Å². The molecule has 0 aliphatic heterocycles. The van der Waals surface area contributed by atoms with Crippen LogP contribution in [0.5, 0.6) is 0 Å². The summed E-state index contributed by atoms with van der Waals surface area (Å²) in [6.07, 6.45) is 0. The van der Waals surface area contributed by atoms with Crippen molar-refractivity contribution in [2.45, 2.75) is 13.8 Å². The number of carboxylic acids is 1. The Labute approximate surface area is 117 Å². The van der Waals surface area contributed by atoms with Crippen molar-refractivity contribution in [3.63, 3.8) is 0 Å². The molecule has 98 valence electrons. The quantitative estimate of drug-likeness (QED) is 0.889. The van der Waals surface area contributed by atoms with Gasteiger partial charge in [-0.3, -0.25) is 4.79 Å². The maximum absolute atomic E-state index is 11.8. The summed E-state index contributed by atoms with van der Waals surface area (Å²) >= 11 is 3.40. The molecule has 0 bridgehead atoms. The Morgan fingerprint density at radius 2 is 2.05 bits per heavy atom. The van der Waals surface area contributed by atoms with Crippen LogP contribution in [0.15, 0.2) is 27.5 Å². The molecule has 5 nitrogen and oxygen atoms in total. The van der Waals surface area contributed by atoms with Crippen molar-refractivity contribution < 1.29 is 9.90 Å². The Hall–Kier alpha value is -1.95. The average molecular weight is 323 g/mol. The number of halogens is 1. The summed E-state index contributed by atoms with van der Waals surface area (Å²) in [5, 5.41) is 8.94. The Morgan fingerprint density at radius 3 is 2.63 bits per heavy atom. The summed E-state index contributed by atoms with van der Waals surface area (Å²) in [6, 6.07) is 5.53. The lowest BCUT2D eigenvalue weighted by Gasteiger charge is -2.08. The fourth-order valence-corrected chi connectivity index (χ4v) is 2.20. The first-order valence-electron chi connectivity index (χ1n) is 5.51. The Kier molecular flexibility index (Phi) is 3.53. The molecule has 0 saturated heterocycles. The normalized spacial score (nSPS) is 10.5. The second kappa shape index (κ2) is 4.97. The third-order valence-electron chi connectivity index (χ3n) is 2.84. The van der Waals surface area contributed by atoms with Crippen molar-refractivity contribution >= 4 is 21.9 Å². The summed E-state index contributed by atoms with van der Waals surface area (Å²) in [5.74, 6) is -0.907. The number of hydrogen-bond acceptors (Lipinski definition) is 3. The molecule has 0 atom stereocenters. The molecule has 0 fully saturated rings. The predicted octanol–water partition coefficient (Wildman–Crippen LogP) is 2.51. The lowest BCUT2D eigenvalue weighted by molar-refractivity contribution is 0.0693. The molecular formula is C13H11BrN2O3. The monoisotopic (exact) mass is 322 g/mol. The fraction of sp³-hybridized carbons (Fsp3) is 0.154. The van der Waals surface area contributed by atoms with Gasteiger partial charge in [0.15, 0.2) is 0 Å². The molecule has 0 radical (unpaired) electrons. The molecule has 19 heavy (non-hydrogen) atoms. The van der Waals surface area contributed by atoms with Crippen LogP contribution in [0.4, 0.5) is 0 Å². The molecular weight excluding hydrogens is 312 g/mol. The van der Waals surface area contributed by atoms with Crippen LogP contribution in [0.25, 0.3) is 11.4 Å². The largest absolute Gasteiger partial charge is 0.477 e. The first-order valence-corrected chi connectivity index (χ1v) is 6.31. The van der Waals surface area contributed by atoms with Gasteiger partial charge >= 0.3 is 5.97 Å². The van der Waals surface area contributed by atoms with Gasteiger partial charge in [0.25, 0.3) is 5.56 Å². The summed E-state index contributed by atoms with van der Waals surface area (Å²) in [7, 11) is 0. The number of rotatable bonds is 2. The Balaban J connectivity index is 2.69. The van der Waals surface area contributed by atoms with Crippen molar-refractivity contribution in [2.75, 3.05) is 0 Å². The summed E-state index contributed by atoms with van der Waals surface area (Å²) in [6.45, 7) is 3.40. The molecule has 2 N–H and O–H groups in total. The van der Waals surface area contributed by atoms with Gasteiger partial charge in [0, 0.05) is 10.0 Å². The van der Waals surface area contributed by atoms with Gasteiger partial charge in [-0.05, 0) is 25.5 Å². The number of benzene rings is 1. The van der Waals surface area contributed by atoms with E-state index in [4.69, 9.17) is 5.11 Å². The first-order chi connectivity index (χ1) is 8.91. The van der Waals surface area contributed by atoms with Crippen molar-refractivity contribution in [1.82, 2.24) is 9.97 Å². The van der Waals surface area contributed by atoms with E-state index in [-0.39, 0.29) is 11.3 Å². The smallest absolute Gasteiger partial charge is 0.343 e. The molecule has 0 saturated carbocycles. The number of nitrogens with one attached hydrogen (secondary N) is 1. The van der Waals surface area contributed by atoms with Crippen molar-refractivity contribution in [1.29, 1.82) is 0 Å². The van der Waals surface area contributed by atoms with E-state index in [1.54, 1.807) is 0 Å². The van der Waals surface area contributed by atoms with E-state index >= 15 is 0 Å². The highest BCUT2D eigenvalue weighted by Crippen LogP contribution is 2.25. The summed E-state index contributed by atoms with van der Waals surface area (Å²) < 4.78 is 0.896. The average Bonchev–Trinajstić information content (AvgIpc) is 2.31. The lowest BCUT2D eigenvalue weighted by atomic mass is 10.1. The van der Waals surface area contributed by atoms with Crippen LogP contribution >= 0.6 is 15.9 Å². The molecule has 6 heteroatoms. The molecule has 2 aromatic rings. The number of nitrogens with zero attached hydrogens (tertiary/aromatic N) is 1. The van der Waals surface area contributed by atoms with Gasteiger partial charge in [0.1, 0.15) is 11.4 Å². The van der Waals surface area contributed by atoms with E-state index in [9.17, 15) is 9.59 Å². The van der Waals surface area contributed by atoms with Crippen LogP contribution < -0.4 is 5.56 Å². The molecule has 1 aromatic heterocycles. The van der Waals surface area contributed by atoms with Gasteiger partial charge in [-0.1, -0.05) is 28.1 Å². The van der Waals surface area contributed by atoms with Crippen LogP contribution in [-0.2, 0) is 0 Å². The number of aromatic carboxylic acids is 1. The topological polar surface area (TPSA) is 83.0 Å². The van der Waals surface area contributed by atoms with Gasteiger partial charge in [0.2, 0.25) is 0 Å². The lowest BCUT2D eigenvalue weighted by Crippen LogP contribution is -2.21. The maximum Gasteiger partial charge on any atom is 0.343 e. The van der Waals surface area contributed by atoms with E-state index < -0.39 is 11.5 Å². The van der Waals surface area contributed by atoms with E-state index in [0.29, 0.717) is 5.82 Å². The van der Waals surface area contributed by atoms with Crippen molar-refractivity contribution in [3.05, 3.63) is 49.8 Å². The predicted molar refractivity (Wildman–Crippen MR) is 74.4 cm³/mol. The fourth-order valence-electron chi connectivity index (χ4n) is 1.83. The number of aromatic amines is 1. The third kappa shape index (κ3) is 2.44. The molecule has 0 spiro atoms. The van der Waals surface area contributed by atoms with Gasteiger partial charge in [-0.15, -0.1) is 0 Å². The zero-order chi connectivity index (χ0) is 14.2. The van der Waals surface area contributed by atoms with Crippen LogP contribution in [-0.4, -0.2) is 21.0 Å². The highest BCUT2D eigenvalue weighted by molar-refractivity contribution is 9.10. The minimum atomic E-state index is -1.27. The van der Waals surface area contributed by atoms with E-state index in [1.165, 1.54) is 6.92 Å². The molecule has 0 aliphatic rings. The number of aryl methyl sites for hydroxylation is 1. The zero-order valence-electron chi connectivity index (χ0n) is 10.3. The third-order valence-corrected chi connectivity index (χ3v) is 3.70. The van der Waals surface area contributed by atoms with Crippen molar-refractivity contribution in [2.24, 2.45) is 0 Å². The van der Waals surface area contributed by atoms with Crippen LogP contribution in [0, 0.1) is 13.8 Å². The summed E-state index contributed by atoms with van der Waals surface area (Å²) in [5.41, 5.74) is 0.913. The van der Waals surface area contributed by atoms with E-state index in [0.717, 1.165) is 15.6 Å². The number of carboxylic acid groups (broad SMARTS) is 1. The number of hydrogen-bond donors (Lipinski definition) is 2. The second-order valence-electron chi connectivity index (χ2n) is 4.09. The zero-order valence-corrected chi connectivity index (χ0v) is 11.9. The molecule has 1 heterocycles. The molecule has 0 aliphatic carbocycles. The Bertz CT molecular complexity index is 722. The molecule has 2 rings (SSSR count). The Morgan fingerprint density at radius 1 is 1.37 bits per heavy atom. The van der Waals surface area contributed by atoms with Crippen LogP contribution in [0.1, 0.15) is 21.6 Å². The second-order valence-corrected chi connectivity index (χ2v) is 4.95. The van der Waals surface area contributed by atoms with E-state index in [1.807, 2.05) is 25.1 Å². The minimum absolute atomic E-state index is 0.200. The number of H-pyrrole nitrogens is 1. The highest BCUT2D eigenvalue weighted by Gasteiger charge is 2.16. The highest BCUT2D eigenvalue weighted by atomic mass is 79.9. The standard InChI is InChI=1S/C13H11BrN2O3/c1-6-8(4-3-5-9(6)14)11-15-7(2)10(13(18)19)12(17)16-11/h3-5H,1-2H3,(H,18,19)(H,15,16,17). The molecule has 0 amide bonds. The minimum Gasteiger partial charge on any atom is -0.477 e. The SMILES string of the molecule is Cc1nc(-c2cccc(Br)c2C)[nH]c(=O)c1C(=O)O. The van der Waals surface area contributed by atoms with E-state index in [2.05, 4.69) is 25.9 Å². The maximum atomic E-state index is 11.8. The van der Waals surface area contributed by atoms with Gasteiger partial charge in [-0.25, -0.2) is 9.78 Å². The summed E-state index contributed by atoms with van der Waals surface area (Å²) in [4.78, 5) is 29.4. The van der Waals surface area contributed by atoms with Crippen LogP contribution in [0.3, 0.4) is 0 Å². The van der Waals surface area contributed by atoms with Crippen LogP contribution in [0.2, 0.25) is 0 Å². The number of carbonyl (C=O) groups is 1.